The summed E-state index contributed by atoms with van der Waals surface area (Å²) < 4.78 is 0. The predicted molar refractivity (Wildman–Crippen MR) is 97.3 cm³/mol. The van der Waals surface area contributed by atoms with Gasteiger partial charge in [-0.2, -0.15) is 0 Å². The summed E-state index contributed by atoms with van der Waals surface area (Å²) >= 11 is 0. The molecule has 0 aliphatic carbocycles. The number of carbonyl (C=O) groups excluding carboxylic acids is 1. The fraction of sp³-hybridized carbons (Fsp3) is 0.947. The van der Waals surface area contributed by atoms with Gasteiger partial charge in [0.15, 0.2) is 0 Å². The van der Waals surface area contributed by atoms with Gasteiger partial charge in [0.25, 0.3) is 0 Å². The van der Waals surface area contributed by atoms with Crippen LogP contribution >= 0.6 is 0 Å². The minimum atomic E-state index is -0.861. The first-order chi connectivity index (χ1) is 12.0. The third-order valence-electron chi connectivity index (χ3n) is 5.44. The number of Topliss-reactive ketones (excluding diaryl/α,β-unsaturated/α-hetero) is 1. The van der Waals surface area contributed by atoms with E-state index in [4.69, 9.17) is 5.11 Å². The first-order valence-corrected chi connectivity index (χ1v) is 9.84. The van der Waals surface area contributed by atoms with E-state index in [1.165, 1.54) is 0 Å². The van der Waals surface area contributed by atoms with Gasteiger partial charge in [0.2, 0.25) is 0 Å². The maximum Gasteiger partial charge on any atom is 0.132 e. The molecule has 1 saturated heterocycles. The fourth-order valence-electron chi connectivity index (χ4n) is 3.75. The molecule has 25 heavy (non-hydrogen) atoms. The van der Waals surface area contributed by atoms with Gasteiger partial charge in [-0.1, -0.05) is 38.5 Å². The van der Waals surface area contributed by atoms with Crippen LogP contribution in [0.4, 0.5) is 0 Å². The Bertz CT molecular complexity index is 366. The number of hydrogen-bond acceptors (Lipinski definition) is 6. The van der Waals surface area contributed by atoms with E-state index in [9.17, 15) is 20.1 Å². The molecule has 0 bridgehead atoms. The Morgan fingerprint density at radius 1 is 0.800 bits per heavy atom. The van der Waals surface area contributed by atoms with Crippen LogP contribution in [0.3, 0.4) is 0 Å². The van der Waals surface area contributed by atoms with Crippen LogP contribution < -0.4 is 0 Å². The number of unbranched alkanes of at least 4 members (excludes halogenated alkanes) is 6. The third kappa shape index (κ3) is 7.71. The van der Waals surface area contributed by atoms with Crippen LogP contribution in [0, 0.1) is 0 Å². The van der Waals surface area contributed by atoms with Gasteiger partial charge >= 0.3 is 0 Å². The van der Waals surface area contributed by atoms with Crippen LogP contribution in [0.25, 0.3) is 0 Å². The Labute approximate surface area is 151 Å². The number of likely N-dealkylation sites (N-methyl/N-ethyl adjacent to an activating group) is 1. The van der Waals surface area contributed by atoms with E-state index >= 15 is 0 Å². The molecule has 1 rings (SSSR count). The number of likely N-dealkylation sites (tertiary alicyclic amines) is 1. The Morgan fingerprint density at radius 2 is 1.32 bits per heavy atom. The highest BCUT2D eigenvalue weighted by Gasteiger charge is 2.44. The van der Waals surface area contributed by atoms with E-state index in [1.54, 1.807) is 0 Å². The highest BCUT2D eigenvalue weighted by atomic mass is 16.3. The van der Waals surface area contributed by atoms with Crippen LogP contribution in [-0.2, 0) is 4.79 Å². The molecule has 1 heterocycles. The van der Waals surface area contributed by atoms with Crippen LogP contribution in [0.15, 0.2) is 0 Å². The van der Waals surface area contributed by atoms with Gasteiger partial charge in [0, 0.05) is 25.5 Å². The fourth-order valence-corrected chi connectivity index (χ4v) is 3.75. The van der Waals surface area contributed by atoms with Crippen molar-refractivity contribution in [1.82, 2.24) is 4.90 Å². The van der Waals surface area contributed by atoms with Crippen molar-refractivity contribution in [2.75, 3.05) is 20.3 Å². The van der Waals surface area contributed by atoms with E-state index in [0.717, 1.165) is 51.4 Å². The lowest BCUT2D eigenvalue weighted by Crippen LogP contribution is -2.38. The van der Waals surface area contributed by atoms with Crippen LogP contribution in [0.5, 0.6) is 0 Å². The average molecular weight is 360 g/mol. The lowest BCUT2D eigenvalue weighted by molar-refractivity contribution is -0.119. The number of aliphatic hydroxyl groups excluding tert-OH is 4. The third-order valence-corrected chi connectivity index (χ3v) is 5.44. The molecule has 1 fully saturated rings. The number of rotatable bonds is 14. The van der Waals surface area contributed by atoms with Crippen molar-refractivity contribution in [3.8, 4) is 0 Å². The number of hydrogen-bond donors (Lipinski definition) is 4. The number of carbonyl (C=O) groups is 1. The SMILES string of the molecule is CN1[C@H](CO)[C@H](O)[C@H](O)[C@H]1CCCCCCCCCC(=O)CCCO. The normalized spacial score (nSPS) is 27.1. The first kappa shape index (κ1) is 22.5. The zero-order valence-corrected chi connectivity index (χ0v) is 15.6. The molecule has 1 aliphatic heterocycles. The van der Waals surface area contributed by atoms with Crippen LogP contribution in [0.1, 0.15) is 70.6 Å². The molecule has 0 spiro atoms. The van der Waals surface area contributed by atoms with E-state index < -0.39 is 12.2 Å². The van der Waals surface area contributed by atoms with Crippen molar-refractivity contribution in [3.63, 3.8) is 0 Å². The molecule has 4 N–H and O–H groups in total. The lowest BCUT2D eigenvalue weighted by atomic mass is 10.0. The van der Waals surface area contributed by atoms with E-state index in [2.05, 4.69) is 0 Å². The summed E-state index contributed by atoms with van der Waals surface area (Å²) in [5.74, 6) is 0.261. The highest BCUT2D eigenvalue weighted by molar-refractivity contribution is 5.78. The van der Waals surface area contributed by atoms with Crippen molar-refractivity contribution in [1.29, 1.82) is 0 Å². The summed E-state index contributed by atoms with van der Waals surface area (Å²) in [6.45, 7) is -0.0350. The quantitative estimate of drug-likeness (QED) is 0.348. The standard InChI is InChI=1S/C19H37NO5/c1-20-16(18(24)19(25)17(20)14-22)12-8-6-4-2-3-5-7-10-15(23)11-9-13-21/h16-19,21-22,24-25H,2-14H2,1H3/t16-,17-,18-,19+/m1/s1. The van der Waals surface area contributed by atoms with Crippen molar-refractivity contribution < 1.29 is 25.2 Å². The minimum absolute atomic E-state index is 0.0721. The van der Waals surface area contributed by atoms with Crippen LogP contribution in [-0.4, -0.2) is 75.7 Å². The summed E-state index contributed by atoms with van der Waals surface area (Å²) in [4.78, 5) is 13.4. The largest absolute Gasteiger partial charge is 0.396 e. The molecule has 6 nitrogen and oxygen atoms in total. The molecule has 4 atom stereocenters. The average Bonchev–Trinajstić information content (AvgIpc) is 2.80. The maximum atomic E-state index is 11.5. The molecule has 148 valence electrons. The van der Waals surface area contributed by atoms with Gasteiger partial charge in [-0.05, 0) is 26.3 Å². The summed E-state index contributed by atoms with van der Waals surface area (Å²) in [6, 6.07) is -0.433. The summed E-state index contributed by atoms with van der Waals surface area (Å²) in [6.07, 6.45) is 8.53. The number of nitrogens with zero attached hydrogens (tertiary/aromatic N) is 1. The second-order valence-corrected chi connectivity index (χ2v) is 7.34. The van der Waals surface area contributed by atoms with Crippen molar-refractivity contribution in [3.05, 3.63) is 0 Å². The van der Waals surface area contributed by atoms with Gasteiger partial charge in [-0.15, -0.1) is 0 Å². The summed E-state index contributed by atoms with van der Waals surface area (Å²) in [5, 5.41) is 38.0. The molecule has 0 aromatic rings. The summed E-state index contributed by atoms with van der Waals surface area (Å²) in [7, 11) is 1.85. The van der Waals surface area contributed by atoms with Crippen molar-refractivity contribution in [2.24, 2.45) is 0 Å². The molecule has 0 radical (unpaired) electrons. The molecule has 0 amide bonds. The zero-order valence-electron chi connectivity index (χ0n) is 15.6. The molecule has 6 heteroatoms. The molecule has 0 saturated carbocycles. The molecular formula is C19H37NO5. The second kappa shape index (κ2) is 12.8. The van der Waals surface area contributed by atoms with Gasteiger partial charge in [-0.25, -0.2) is 0 Å². The number of aliphatic hydroxyl groups is 4. The van der Waals surface area contributed by atoms with Gasteiger partial charge in [0.05, 0.1) is 24.9 Å². The maximum absolute atomic E-state index is 11.5. The first-order valence-electron chi connectivity index (χ1n) is 9.84. The second-order valence-electron chi connectivity index (χ2n) is 7.34. The highest BCUT2D eigenvalue weighted by Crippen LogP contribution is 2.27. The van der Waals surface area contributed by atoms with Crippen LogP contribution in [0.2, 0.25) is 0 Å². The van der Waals surface area contributed by atoms with Crippen molar-refractivity contribution in [2.45, 2.75) is 94.9 Å². The lowest BCUT2D eigenvalue weighted by Gasteiger charge is -2.24. The van der Waals surface area contributed by atoms with Gasteiger partial charge in [0.1, 0.15) is 5.78 Å². The minimum Gasteiger partial charge on any atom is -0.396 e. The molecule has 0 unspecified atom stereocenters. The molecule has 0 aromatic carbocycles. The molecular weight excluding hydrogens is 322 g/mol. The van der Waals surface area contributed by atoms with E-state index in [1.807, 2.05) is 11.9 Å². The Balaban J connectivity index is 1.99. The molecule has 0 aromatic heterocycles. The van der Waals surface area contributed by atoms with Gasteiger partial charge < -0.3 is 20.4 Å². The Morgan fingerprint density at radius 3 is 1.88 bits per heavy atom. The van der Waals surface area contributed by atoms with E-state index in [-0.39, 0.29) is 31.1 Å². The smallest absolute Gasteiger partial charge is 0.132 e. The number of ketones is 1. The Hall–Kier alpha value is -0.530. The topological polar surface area (TPSA) is 101 Å². The van der Waals surface area contributed by atoms with Gasteiger partial charge in [-0.3, -0.25) is 9.69 Å². The monoisotopic (exact) mass is 359 g/mol. The van der Waals surface area contributed by atoms with E-state index in [0.29, 0.717) is 19.3 Å². The van der Waals surface area contributed by atoms with Crippen molar-refractivity contribution >= 4 is 5.78 Å². The Kier molecular flexibility index (Phi) is 11.5. The summed E-state index contributed by atoms with van der Waals surface area (Å²) in [5.41, 5.74) is 0. The zero-order chi connectivity index (χ0) is 18.7. The predicted octanol–water partition coefficient (Wildman–Crippen LogP) is 1.24. The molecule has 1 aliphatic rings.